The van der Waals surface area contributed by atoms with Crippen molar-refractivity contribution in [2.75, 3.05) is 0 Å². The Balaban J connectivity index is 1.71. The standard InChI is InChI=1S/C16H24N4/c1-2-20-15-6-4-3-5-14(15)19-16(20)11-18-13-9-7-12(17)8-10-13/h3-6,12-13,18H,2,7-11,17H2,1H3. The van der Waals surface area contributed by atoms with Crippen molar-refractivity contribution in [3.63, 3.8) is 0 Å². The minimum absolute atomic E-state index is 0.410. The van der Waals surface area contributed by atoms with Crippen LogP contribution in [0.5, 0.6) is 0 Å². The molecule has 0 atom stereocenters. The summed E-state index contributed by atoms with van der Waals surface area (Å²) in [7, 11) is 0. The van der Waals surface area contributed by atoms with E-state index in [0.29, 0.717) is 12.1 Å². The molecule has 3 rings (SSSR count). The molecule has 1 heterocycles. The van der Waals surface area contributed by atoms with Gasteiger partial charge in [-0.05, 0) is 44.7 Å². The van der Waals surface area contributed by atoms with E-state index in [0.717, 1.165) is 37.3 Å². The van der Waals surface area contributed by atoms with Crippen LogP contribution in [0.4, 0.5) is 0 Å². The average Bonchev–Trinajstić information content (AvgIpc) is 2.84. The fourth-order valence-corrected chi connectivity index (χ4v) is 3.17. The molecule has 1 aliphatic carbocycles. The number of hydrogen-bond acceptors (Lipinski definition) is 3. The Kier molecular flexibility index (Phi) is 4.03. The summed E-state index contributed by atoms with van der Waals surface area (Å²) in [4.78, 5) is 4.76. The van der Waals surface area contributed by atoms with Crippen LogP contribution in [0.2, 0.25) is 0 Å². The van der Waals surface area contributed by atoms with Gasteiger partial charge in [0.2, 0.25) is 0 Å². The van der Waals surface area contributed by atoms with Crippen molar-refractivity contribution in [3.05, 3.63) is 30.1 Å². The molecule has 4 heteroatoms. The summed E-state index contributed by atoms with van der Waals surface area (Å²) in [5.74, 6) is 1.14. The Bertz CT molecular complexity index is 567. The van der Waals surface area contributed by atoms with E-state index in [1.807, 2.05) is 0 Å². The van der Waals surface area contributed by atoms with Crippen molar-refractivity contribution in [1.82, 2.24) is 14.9 Å². The second-order valence-electron chi connectivity index (χ2n) is 5.75. The molecule has 1 fully saturated rings. The second-order valence-corrected chi connectivity index (χ2v) is 5.75. The average molecular weight is 272 g/mol. The molecule has 20 heavy (non-hydrogen) atoms. The summed E-state index contributed by atoms with van der Waals surface area (Å²) in [6.07, 6.45) is 4.66. The number of nitrogens with two attached hydrogens (primary N) is 1. The Morgan fingerprint density at radius 2 is 2.00 bits per heavy atom. The van der Waals surface area contributed by atoms with Crippen LogP contribution in [-0.2, 0) is 13.1 Å². The minimum atomic E-state index is 0.410. The van der Waals surface area contributed by atoms with Gasteiger partial charge in [-0.1, -0.05) is 12.1 Å². The second kappa shape index (κ2) is 5.94. The van der Waals surface area contributed by atoms with Crippen molar-refractivity contribution >= 4 is 11.0 Å². The van der Waals surface area contributed by atoms with Crippen molar-refractivity contribution in [3.8, 4) is 0 Å². The highest BCUT2D eigenvalue weighted by Crippen LogP contribution is 2.19. The van der Waals surface area contributed by atoms with Crippen LogP contribution in [0, 0.1) is 0 Å². The Morgan fingerprint density at radius 3 is 2.75 bits per heavy atom. The van der Waals surface area contributed by atoms with Gasteiger partial charge in [-0.2, -0.15) is 0 Å². The van der Waals surface area contributed by atoms with E-state index in [2.05, 4.69) is 41.1 Å². The third-order valence-electron chi connectivity index (χ3n) is 4.37. The quantitative estimate of drug-likeness (QED) is 0.898. The molecular formula is C16H24N4. The third kappa shape index (κ3) is 2.72. The highest BCUT2D eigenvalue weighted by Gasteiger charge is 2.18. The molecule has 1 saturated carbocycles. The molecule has 0 bridgehead atoms. The summed E-state index contributed by atoms with van der Waals surface area (Å²) >= 11 is 0. The highest BCUT2D eigenvalue weighted by atomic mass is 15.1. The molecule has 3 N–H and O–H groups in total. The number of aryl methyl sites for hydroxylation is 1. The molecule has 0 radical (unpaired) electrons. The van der Waals surface area contributed by atoms with Crippen LogP contribution >= 0.6 is 0 Å². The summed E-state index contributed by atoms with van der Waals surface area (Å²) in [6, 6.07) is 9.37. The van der Waals surface area contributed by atoms with Crippen LogP contribution in [0.3, 0.4) is 0 Å². The van der Waals surface area contributed by atoms with Crippen molar-refractivity contribution in [1.29, 1.82) is 0 Å². The van der Waals surface area contributed by atoms with Crippen molar-refractivity contribution in [2.45, 2.75) is 57.8 Å². The van der Waals surface area contributed by atoms with Crippen LogP contribution < -0.4 is 11.1 Å². The number of rotatable bonds is 4. The van der Waals surface area contributed by atoms with Gasteiger partial charge in [0, 0.05) is 18.6 Å². The molecule has 0 unspecified atom stereocenters. The Labute approximate surface area is 120 Å². The van der Waals surface area contributed by atoms with Crippen molar-refractivity contribution in [2.24, 2.45) is 5.73 Å². The van der Waals surface area contributed by atoms with E-state index in [1.54, 1.807) is 0 Å². The number of hydrogen-bond donors (Lipinski definition) is 2. The number of para-hydroxylation sites is 2. The zero-order valence-corrected chi connectivity index (χ0v) is 12.2. The lowest BCUT2D eigenvalue weighted by molar-refractivity contribution is 0.338. The summed E-state index contributed by atoms with van der Waals surface area (Å²) < 4.78 is 2.30. The van der Waals surface area contributed by atoms with E-state index >= 15 is 0 Å². The van der Waals surface area contributed by atoms with Crippen LogP contribution in [0.15, 0.2) is 24.3 Å². The van der Waals surface area contributed by atoms with Crippen LogP contribution in [0.25, 0.3) is 11.0 Å². The fraction of sp³-hybridized carbons (Fsp3) is 0.562. The molecule has 0 amide bonds. The van der Waals surface area contributed by atoms with Crippen molar-refractivity contribution < 1.29 is 0 Å². The lowest BCUT2D eigenvalue weighted by Crippen LogP contribution is -2.37. The SMILES string of the molecule is CCn1c(CNC2CCC(N)CC2)nc2ccccc21. The first-order chi connectivity index (χ1) is 9.78. The van der Waals surface area contributed by atoms with Gasteiger partial charge >= 0.3 is 0 Å². The smallest absolute Gasteiger partial charge is 0.123 e. The number of nitrogens with one attached hydrogen (secondary N) is 1. The molecular weight excluding hydrogens is 248 g/mol. The lowest BCUT2D eigenvalue weighted by Gasteiger charge is -2.26. The molecule has 1 aliphatic rings. The van der Waals surface area contributed by atoms with Crippen LogP contribution in [-0.4, -0.2) is 21.6 Å². The van der Waals surface area contributed by atoms with E-state index in [1.165, 1.54) is 18.4 Å². The van der Waals surface area contributed by atoms with E-state index in [4.69, 9.17) is 10.7 Å². The topological polar surface area (TPSA) is 55.9 Å². The maximum atomic E-state index is 5.96. The molecule has 0 aliphatic heterocycles. The molecule has 108 valence electrons. The number of nitrogens with zero attached hydrogens (tertiary/aromatic N) is 2. The normalized spacial score (nSPS) is 23.3. The largest absolute Gasteiger partial charge is 0.328 e. The molecule has 4 nitrogen and oxygen atoms in total. The fourth-order valence-electron chi connectivity index (χ4n) is 3.17. The molecule has 2 aromatic rings. The molecule has 0 spiro atoms. The first-order valence-electron chi connectivity index (χ1n) is 7.71. The minimum Gasteiger partial charge on any atom is -0.328 e. The maximum Gasteiger partial charge on any atom is 0.123 e. The summed E-state index contributed by atoms with van der Waals surface area (Å²) in [5.41, 5.74) is 8.28. The van der Waals surface area contributed by atoms with Gasteiger partial charge < -0.3 is 15.6 Å². The third-order valence-corrected chi connectivity index (χ3v) is 4.37. The zero-order valence-electron chi connectivity index (χ0n) is 12.2. The number of imidazole rings is 1. The van der Waals surface area contributed by atoms with Gasteiger partial charge in [0.25, 0.3) is 0 Å². The van der Waals surface area contributed by atoms with Gasteiger partial charge in [-0.3, -0.25) is 0 Å². The predicted octanol–water partition coefficient (Wildman–Crippen LogP) is 2.42. The van der Waals surface area contributed by atoms with Gasteiger partial charge in [-0.15, -0.1) is 0 Å². The summed E-state index contributed by atoms with van der Waals surface area (Å²) in [5, 5.41) is 3.66. The lowest BCUT2D eigenvalue weighted by atomic mass is 9.92. The summed E-state index contributed by atoms with van der Waals surface area (Å²) in [6.45, 7) is 3.99. The first-order valence-corrected chi connectivity index (χ1v) is 7.71. The van der Waals surface area contributed by atoms with Gasteiger partial charge in [-0.25, -0.2) is 4.98 Å². The van der Waals surface area contributed by atoms with Gasteiger partial charge in [0.1, 0.15) is 5.82 Å². The number of aromatic nitrogens is 2. The zero-order chi connectivity index (χ0) is 13.9. The van der Waals surface area contributed by atoms with E-state index < -0.39 is 0 Å². The monoisotopic (exact) mass is 272 g/mol. The van der Waals surface area contributed by atoms with E-state index in [9.17, 15) is 0 Å². The predicted molar refractivity (Wildman–Crippen MR) is 82.5 cm³/mol. The van der Waals surface area contributed by atoms with Crippen LogP contribution in [0.1, 0.15) is 38.4 Å². The number of benzene rings is 1. The van der Waals surface area contributed by atoms with Gasteiger partial charge in [0.15, 0.2) is 0 Å². The van der Waals surface area contributed by atoms with Gasteiger partial charge in [0.05, 0.1) is 17.6 Å². The highest BCUT2D eigenvalue weighted by molar-refractivity contribution is 5.75. The molecule has 1 aromatic carbocycles. The maximum absolute atomic E-state index is 5.96. The molecule has 1 aromatic heterocycles. The molecule has 0 saturated heterocycles. The number of fused-ring (bicyclic) bond motifs is 1. The Hall–Kier alpha value is -1.39. The first kappa shape index (κ1) is 13.6. The van der Waals surface area contributed by atoms with E-state index in [-0.39, 0.29) is 0 Å². The Morgan fingerprint density at radius 1 is 1.25 bits per heavy atom.